The van der Waals surface area contributed by atoms with Crippen LogP contribution in [0.1, 0.15) is 12.7 Å². The van der Waals surface area contributed by atoms with Gasteiger partial charge in [-0.05, 0) is 37.3 Å². The summed E-state index contributed by atoms with van der Waals surface area (Å²) < 4.78 is 36.6. The minimum absolute atomic E-state index is 0.115. The molecule has 1 N–H and O–H groups in total. The predicted octanol–water partition coefficient (Wildman–Crippen LogP) is 3.95. The Kier molecular flexibility index (Phi) is 8.65. The van der Waals surface area contributed by atoms with Crippen LogP contribution in [0.3, 0.4) is 0 Å². The molecule has 0 aliphatic carbocycles. The average molecular weight is 591 g/mol. The van der Waals surface area contributed by atoms with E-state index >= 15 is 0 Å². The quantitative estimate of drug-likeness (QED) is 0.274. The van der Waals surface area contributed by atoms with Gasteiger partial charge in [-0.1, -0.05) is 41.7 Å². The molecule has 1 aliphatic rings. The van der Waals surface area contributed by atoms with Crippen molar-refractivity contribution in [2.24, 2.45) is 0 Å². The summed E-state index contributed by atoms with van der Waals surface area (Å²) in [7, 11) is -3.65. The zero-order chi connectivity index (χ0) is 26.5. The van der Waals surface area contributed by atoms with Crippen LogP contribution in [-0.4, -0.2) is 70.4 Å². The van der Waals surface area contributed by atoms with E-state index in [0.717, 1.165) is 20.4 Å². The molecule has 200 valence electrons. The number of sulfonamides is 1. The van der Waals surface area contributed by atoms with Crippen molar-refractivity contribution in [3.8, 4) is 0 Å². The first-order chi connectivity index (χ1) is 18.4. The molecule has 2 aromatic heterocycles. The summed E-state index contributed by atoms with van der Waals surface area (Å²) in [4.78, 5) is 17.5. The zero-order valence-electron chi connectivity index (χ0n) is 20.6. The SMILES string of the molecule is CCn1c(CSc2nc3ccccc3s2)nnc1SCC(=O)Nc1cccc(S(=O)(=O)N2CCOCC2)c1. The average Bonchev–Trinajstić information content (AvgIpc) is 3.54. The molecule has 1 fully saturated rings. The lowest BCUT2D eigenvalue weighted by Crippen LogP contribution is -2.40. The lowest BCUT2D eigenvalue weighted by atomic mass is 10.3. The zero-order valence-corrected chi connectivity index (χ0v) is 23.8. The van der Waals surface area contributed by atoms with Crippen molar-refractivity contribution in [3.63, 3.8) is 0 Å². The number of fused-ring (bicyclic) bond motifs is 1. The van der Waals surface area contributed by atoms with Crippen molar-refractivity contribution in [2.45, 2.75) is 33.6 Å². The smallest absolute Gasteiger partial charge is 0.243 e. The highest BCUT2D eigenvalue weighted by atomic mass is 32.2. The van der Waals surface area contributed by atoms with Crippen LogP contribution in [0.15, 0.2) is 62.9 Å². The molecule has 1 aliphatic heterocycles. The summed E-state index contributed by atoms with van der Waals surface area (Å²) in [6.45, 7) is 4.06. The van der Waals surface area contributed by atoms with Gasteiger partial charge >= 0.3 is 0 Å². The highest BCUT2D eigenvalue weighted by molar-refractivity contribution is 8.00. The van der Waals surface area contributed by atoms with Crippen molar-refractivity contribution >= 4 is 66.7 Å². The Hall–Kier alpha value is -2.49. The lowest BCUT2D eigenvalue weighted by Gasteiger charge is -2.26. The van der Waals surface area contributed by atoms with E-state index in [9.17, 15) is 13.2 Å². The van der Waals surface area contributed by atoms with Crippen LogP contribution in [0.5, 0.6) is 0 Å². The first kappa shape index (κ1) is 27.1. The molecule has 3 heterocycles. The molecule has 2 aromatic carbocycles. The molecule has 0 atom stereocenters. The summed E-state index contributed by atoms with van der Waals surface area (Å²) in [5.74, 6) is 1.30. The first-order valence-corrected chi connectivity index (χ1v) is 16.2. The topological polar surface area (TPSA) is 119 Å². The van der Waals surface area contributed by atoms with Crippen molar-refractivity contribution < 1.29 is 17.9 Å². The van der Waals surface area contributed by atoms with Crippen LogP contribution in [0.2, 0.25) is 0 Å². The number of hydrogen-bond donors (Lipinski definition) is 1. The molecule has 4 aromatic rings. The van der Waals surface area contributed by atoms with Crippen molar-refractivity contribution in [2.75, 3.05) is 37.4 Å². The Bertz CT molecular complexity index is 1500. The number of rotatable bonds is 10. The fourth-order valence-electron chi connectivity index (χ4n) is 3.89. The minimum Gasteiger partial charge on any atom is -0.379 e. The van der Waals surface area contributed by atoms with Crippen molar-refractivity contribution in [3.05, 3.63) is 54.4 Å². The maximum atomic E-state index is 12.9. The number of anilines is 1. The van der Waals surface area contributed by atoms with Crippen LogP contribution in [-0.2, 0) is 31.9 Å². The summed E-state index contributed by atoms with van der Waals surface area (Å²) in [6.07, 6.45) is 0. The molecule has 1 saturated heterocycles. The summed E-state index contributed by atoms with van der Waals surface area (Å²) in [5, 5.41) is 12.1. The van der Waals surface area contributed by atoms with Crippen molar-refractivity contribution in [1.29, 1.82) is 0 Å². The predicted molar refractivity (Wildman–Crippen MR) is 150 cm³/mol. The molecule has 5 rings (SSSR count). The van der Waals surface area contributed by atoms with Crippen LogP contribution in [0.25, 0.3) is 10.2 Å². The molecule has 0 radical (unpaired) electrons. The van der Waals surface area contributed by atoms with E-state index < -0.39 is 10.0 Å². The Morgan fingerprint density at radius 3 is 2.71 bits per heavy atom. The van der Waals surface area contributed by atoms with Gasteiger partial charge in [-0.2, -0.15) is 4.31 Å². The fourth-order valence-corrected chi connectivity index (χ4v) is 8.17. The molecular formula is C24H26N6O4S4. The molecular weight excluding hydrogens is 565 g/mol. The van der Waals surface area contributed by atoms with E-state index in [0.29, 0.717) is 49.4 Å². The first-order valence-electron chi connectivity index (χ1n) is 11.9. The van der Waals surface area contributed by atoms with E-state index in [1.165, 1.54) is 28.2 Å². The molecule has 0 unspecified atom stereocenters. The van der Waals surface area contributed by atoms with Crippen LogP contribution < -0.4 is 5.32 Å². The normalized spacial score (nSPS) is 14.7. The highest BCUT2D eigenvalue weighted by Crippen LogP contribution is 2.31. The number of carbonyl (C=O) groups is 1. The van der Waals surface area contributed by atoms with Gasteiger partial charge in [0.2, 0.25) is 15.9 Å². The van der Waals surface area contributed by atoms with Crippen LogP contribution >= 0.6 is 34.9 Å². The summed E-state index contributed by atoms with van der Waals surface area (Å²) >= 11 is 4.56. The number of thioether (sulfide) groups is 2. The van der Waals surface area contributed by atoms with Gasteiger partial charge in [0.25, 0.3) is 0 Å². The number of para-hydroxylation sites is 1. The Labute approximate surface area is 233 Å². The van der Waals surface area contributed by atoms with E-state index in [2.05, 4.69) is 26.6 Å². The summed E-state index contributed by atoms with van der Waals surface area (Å²) in [6, 6.07) is 14.4. The van der Waals surface area contributed by atoms with Crippen LogP contribution in [0, 0.1) is 0 Å². The number of hydrogen-bond acceptors (Lipinski definition) is 10. The van der Waals surface area contributed by atoms with E-state index in [4.69, 9.17) is 4.74 Å². The van der Waals surface area contributed by atoms with E-state index in [1.54, 1.807) is 35.2 Å². The minimum atomic E-state index is -3.65. The Morgan fingerprint density at radius 1 is 1.11 bits per heavy atom. The standard InChI is InChI=1S/C24H26N6O4S4/c1-2-30-21(15-36-24-26-19-8-3-4-9-20(19)37-24)27-28-23(30)35-16-22(31)25-17-6-5-7-18(14-17)38(32,33)29-10-12-34-13-11-29/h3-9,14H,2,10-13,15-16H2,1H3,(H,25,31). The second-order valence-corrected chi connectivity index (χ2v) is 13.4. The third-order valence-electron chi connectivity index (χ3n) is 5.77. The van der Waals surface area contributed by atoms with Gasteiger partial charge in [0.15, 0.2) is 9.50 Å². The molecule has 0 saturated carbocycles. The number of nitrogens with zero attached hydrogens (tertiary/aromatic N) is 5. The fraction of sp³-hybridized carbons (Fsp3) is 0.333. The monoisotopic (exact) mass is 590 g/mol. The number of carbonyl (C=O) groups excluding carboxylic acids is 1. The Balaban J connectivity index is 1.18. The van der Waals surface area contributed by atoms with Gasteiger partial charge in [0.05, 0.1) is 39.8 Å². The van der Waals surface area contributed by atoms with Crippen LogP contribution in [0.4, 0.5) is 5.69 Å². The molecule has 0 spiro atoms. The lowest BCUT2D eigenvalue weighted by molar-refractivity contribution is -0.113. The van der Waals surface area contributed by atoms with Gasteiger partial charge in [-0.3, -0.25) is 4.79 Å². The number of nitrogens with one attached hydrogen (secondary N) is 1. The molecule has 10 nitrogen and oxygen atoms in total. The van der Waals surface area contributed by atoms with Gasteiger partial charge in [-0.25, -0.2) is 13.4 Å². The second-order valence-electron chi connectivity index (χ2n) is 8.26. The molecule has 14 heteroatoms. The number of thiazole rings is 1. The van der Waals surface area contributed by atoms with E-state index in [-0.39, 0.29) is 16.6 Å². The van der Waals surface area contributed by atoms with Gasteiger partial charge in [0.1, 0.15) is 5.82 Å². The Morgan fingerprint density at radius 2 is 1.92 bits per heavy atom. The third-order valence-corrected chi connectivity index (χ3v) is 10.8. The second kappa shape index (κ2) is 12.1. The van der Waals surface area contributed by atoms with Gasteiger partial charge in [-0.15, -0.1) is 21.5 Å². The third kappa shape index (κ3) is 6.21. The highest BCUT2D eigenvalue weighted by Gasteiger charge is 2.26. The molecule has 1 amide bonds. The summed E-state index contributed by atoms with van der Waals surface area (Å²) in [5.41, 5.74) is 1.42. The number of benzene rings is 2. The van der Waals surface area contributed by atoms with Gasteiger partial charge < -0.3 is 14.6 Å². The molecule has 0 bridgehead atoms. The van der Waals surface area contributed by atoms with Gasteiger partial charge in [0, 0.05) is 25.3 Å². The largest absolute Gasteiger partial charge is 0.379 e. The number of aromatic nitrogens is 4. The maximum absolute atomic E-state index is 12.9. The van der Waals surface area contributed by atoms with Crippen molar-refractivity contribution in [1.82, 2.24) is 24.1 Å². The van der Waals surface area contributed by atoms with E-state index in [1.807, 2.05) is 29.7 Å². The maximum Gasteiger partial charge on any atom is 0.243 e. The number of ether oxygens (including phenoxy) is 1. The molecule has 38 heavy (non-hydrogen) atoms. The number of morpholine rings is 1. The number of amides is 1.